The topological polar surface area (TPSA) is 112 Å². The van der Waals surface area contributed by atoms with Crippen LogP contribution in [0.25, 0.3) is 11.3 Å². The standard InChI is InChI=1S/C28H34F3N3O5/c1-26(2,3)33-18-9-12-22(27(4,15-18)25(37)38)34-14-13-19(24(34)36)32-23(35)21-11-10-20(39-21)16-5-7-17(8-6-16)28(29,30)31/h5-8,10-11,18-19,22,33H,9,12-15H2,1-4H3,(H,32,35)(H,37,38)/t18?,19-,22?,27?/m0/s1. The molecule has 8 nitrogen and oxygen atoms in total. The van der Waals surface area contributed by atoms with E-state index in [0.717, 1.165) is 18.6 Å². The van der Waals surface area contributed by atoms with E-state index in [-0.39, 0.29) is 29.0 Å². The van der Waals surface area contributed by atoms with Gasteiger partial charge in [0.1, 0.15) is 11.8 Å². The lowest BCUT2D eigenvalue weighted by Gasteiger charge is -2.47. The Kier molecular flexibility index (Phi) is 7.59. The zero-order chi connectivity index (χ0) is 28.8. The first-order valence-corrected chi connectivity index (χ1v) is 13.0. The number of aliphatic carboxylic acids is 1. The van der Waals surface area contributed by atoms with Crippen LogP contribution in [-0.4, -0.2) is 58.0 Å². The van der Waals surface area contributed by atoms with E-state index >= 15 is 0 Å². The second-order valence-electron chi connectivity index (χ2n) is 11.7. The lowest BCUT2D eigenvalue weighted by molar-refractivity contribution is -0.158. The summed E-state index contributed by atoms with van der Waals surface area (Å²) in [6.07, 6.45) is -2.50. The van der Waals surface area contributed by atoms with E-state index in [1.807, 2.05) is 20.8 Å². The summed E-state index contributed by atoms with van der Waals surface area (Å²) in [7, 11) is 0. The van der Waals surface area contributed by atoms with Gasteiger partial charge in [0.25, 0.3) is 5.91 Å². The third-order valence-corrected chi connectivity index (χ3v) is 7.57. The minimum atomic E-state index is -4.46. The van der Waals surface area contributed by atoms with Crippen LogP contribution in [0.5, 0.6) is 0 Å². The van der Waals surface area contributed by atoms with Crippen LogP contribution < -0.4 is 10.6 Å². The van der Waals surface area contributed by atoms with Crippen molar-refractivity contribution in [1.82, 2.24) is 15.5 Å². The van der Waals surface area contributed by atoms with Crippen molar-refractivity contribution in [2.45, 2.75) is 83.2 Å². The van der Waals surface area contributed by atoms with E-state index < -0.39 is 41.1 Å². The third kappa shape index (κ3) is 6.13. The zero-order valence-corrected chi connectivity index (χ0v) is 22.4. The molecule has 4 rings (SSSR count). The van der Waals surface area contributed by atoms with Crippen LogP contribution in [0.15, 0.2) is 40.8 Å². The van der Waals surface area contributed by atoms with Crippen LogP contribution in [0.3, 0.4) is 0 Å². The molecule has 2 fully saturated rings. The molecular weight excluding hydrogens is 515 g/mol. The molecule has 3 unspecified atom stereocenters. The van der Waals surface area contributed by atoms with Gasteiger partial charge in [0.2, 0.25) is 5.91 Å². The quantitative estimate of drug-likeness (QED) is 0.482. The number of amides is 2. The lowest BCUT2D eigenvalue weighted by Crippen LogP contribution is -2.59. The van der Waals surface area contributed by atoms with Gasteiger partial charge in [-0.3, -0.25) is 14.4 Å². The number of carbonyl (C=O) groups is 3. The van der Waals surface area contributed by atoms with Gasteiger partial charge in [-0.05, 0) is 77.6 Å². The molecular formula is C28H34F3N3O5. The maximum absolute atomic E-state index is 13.3. The highest BCUT2D eigenvalue weighted by atomic mass is 19.4. The maximum atomic E-state index is 13.3. The predicted octanol–water partition coefficient (Wildman–Crippen LogP) is 4.70. The van der Waals surface area contributed by atoms with Gasteiger partial charge in [-0.2, -0.15) is 13.2 Å². The molecule has 1 aromatic carbocycles. The summed E-state index contributed by atoms with van der Waals surface area (Å²) in [6, 6.07) is 5.92. The maximum Gasteiger partial charge on any atom is 0.416 e. The molecule has 0 bridgehead atoms. The first-order chi connectivity index (χ1) is 18.1. The van der Waals surface area contributed by atoms with Crippen molar-refractivity contribution in [1.29, 1.82) is 0 Å². The molecule has 1 aliphatic heterocycles. The van der Waals surface area contributed by atoms with Crippen molar-refractivity contribution < 1.29 is 37.1 Å². The van der Waals surface area contributed by atoms with Gasteiger partial charge in [0.05, 0.1) is 11.0 Å². The Hall–Kier alpha value is -3.34. The predicted molar refractivity (Wildman–Crippen MR) is 137 cm³/mol. The highest BCUT2D eigenvalue weighted by Crippen LogP contribution is 2.41. The SMILES string of the molecule is CC(C)(C)NC1CCC(N2CC[C@H](NC(=O)c3ccc(-c4ccc(C(F)(F)F)cc4)o3)C2=O)C(C)(C(=O)O)C1. The molecule has 2 heterocycles. The Balaban J connectivity index is 1.42. The van der Waals surface area contributed by atoms with Gasteiger partial charge in [-0.1, -0.05) is 12.1 Å². The zero-order valence-electron chi connectivity index (χ0n) is 22.4. The average molecular weight is 550 g/mol. The van der Waals surface area contributed by atoms with Gasteiger partial charge < -0.3 is 25.1 Å². The number of halogens is 3. The summed E-state index contributed by atoms with van der Waals surface area (Å²) in [6.45, 7) is 8.09. The van der Waals surface area contributed by atoms with E-state index in [1.165, 1.54) is 24.3 Å². The summed E-state index contributed by atoms with van der Waals surface area (Å²) in [4.78, 5) is 40.1. The van der Waals surface area contributed by atoms with Crippen molar-refractivity contribution in [2.24, 2.45) is 5.41 Å². The van der Waals surface area contributed by atoms with Crippen molar-refractivity contribution in [3.63, 3.8) is 0 Å². The highest BCUT2D eigenvalue weighted by molar-refractivity contribution is 5.96. The van der Waals surface area contributed by atoms with Gasteiger partial charge >= 0.3 is 12.1 Å². The van der Waals surface area contributed by atoms with E-state index in [4.69, 9.17) is 4.42 Å². The summed E-state index contributed by atoms with van der Waals surface area (Å²) in [5.41, 5.74) is -1.74. The Morgan fingerprint density at radius 2 is 1.72 bits per heavy atom. The van der Waals surface area contributed by atoms with Crippen molar-refractivity contribution in [3.05, 3.63) is 47.7 Å². The monoisotopic (exact) mass is 549 g/mol. The number of nitrogens with one attached hydrogen (secondary N) is 2. The molecule has 2 amide bonds. The molecule has 212 valence electrons. The van der Waals surface area contributed by atoms with E-state index in [2.05, 4.69) is 10.6 Å². The molecule has 1 aliphatic carbocycles. The van der Waals surface area contributed by atoms with Gasteiger partial charge in [-0.25, -0.2) is 0 Å². The number of nitrogens with zero attached hydrogens (tertiary/aromatic N) is 1. The van der Waals surface area contributed by atoms with Gasteiger partial charge in [0, 0.05) is 29.7 Å². The van der Waals surface area contributed by atoms with Gasteiger partial charge in [-0.15, -0.1) is 0 Å². The Bertz CT molecular complexity index is 1230. The molecule has 0 spiro atoms. The average Bonchev–Trinajstić information content (AvgIpc) is 3.46. The molecule has 2 aliphatic rings. The number of carbonyl (C=O) groups excluding carboxylic acids is 2. The number of hydrogen-bond acceptors (Lipinski definition) is 5. The number of carboxylic acid groups (broad SMARTS) is 1. The number of benzene rings is 1. The number of carboxylic acids is 1. The van der Waals surface area contributed by atoms with E-state index in [9.17, 15) is 32.7 Å². The molecule has 1 saturated heterocycles. The minimum Gasteiger partial charge on any atom is -0.481 e. The smallest absolute Gasteiger partial charge is 0.416 e. The second-order valence-corrected chi connectivity index (χ2v) is 11.7. The van der Waals surface area contributed by atoms with Gasteiger partial charge in [0.15, 0.2) is 5.76 Å². The van der Waals surface area contributed by atoms with Crippen LogP contribution in [0, 0.1) is 5.41 Å². The van der Waals surface area contributed by atoms with Crippen LogP contribution in [0.4, 0.5) is 13.2 Å². The Morgan fingerprint density at radius 1 is 1.05 bits per heavy atom. The fourth-order valence-electron chi connectivity index (χ4n) is 5.71. The summed E-state index contributed by atoms with van der Waals surface area (Å²) < 4.78 is 44.0. The largest absolute Gasteiger partial charge is 0.481 e. The molecule has 0 radical (unpaired) electrons. The fraction of sp³-hybridized carbons (Fsp3) is 0.536. The molecule has 1 aromatic heterocycles. The Labute approximate surface area is 224 Å². The lowest BCUT2D eigenvalue weighted by atomic mass is 9.68. The van der Waals surface area contributed by atoms with Crippen molar-refractivity contribution in [3.8, 4) is 11.3 Å². The van der Waals surface area contributed by atoms with Crippen LogP contribution in [0.1, 0.15) is 69.5 Å². The molecule has 39 heavy (non-hydrogen) atoms. The highest BCUT2D eigenvalue weighted by Gasteiger charge is 2.52. The van der Waals surface area contributed by atoms with Crippen LogP contribution in [0.2, 0.25) is 0 Å². The van der Waals surface area contributed by atoms with Crippen molar-refractivity contribution >= 4 is 17.8 Å². The number of likely N-dealkylation sites (tertiary alicyclic amines) is 1. The molecule has 4 atom stereocenters. The molecule has 11 heteroatoms. The minimum absolute atomic E-state index is 0.00775. The first kappa shape index (κ1) is 28.7. The normalized spacial score (nSPS) is 26.1. The number of rotatable bonds is 6. The second kappa shape index (κ2) is 10.3. The van der Waals surface area contributed by atoms with E-state index in [0.29, 0.717) is 31.4 Å². The number of hydrogen-bond donors (Lipinski definition) is 3. The van der Waals surface area contributed by atoms with Crippen LogP contribution >= 0.6 is 0 Å². The molecule has 1 saturated carbocycles. The summed E-state index contributed by atoms with van der Waals surface area (Å²) >= 11 is 0. The molecule has 2 aromatic rings. The summed E-state index contributed by atoms with van der Waals surface area (Å²) in [5, 5.41) is 16.3. The van der Waals surface area contributed by atoms with E-state index in [1.54, 1.807) is 11.8 Å². The summed E-state index contributed by atoms with van der Waals surface area (Å²) in [5.74, 6) is -1.80. The Morgan fingerprint density at radius 3 is 2.31 bits per heavy atom. The fourth-order valence-corrected chi connectivity index (χ4v) is 5.71. The molecule has 3 N–H and O–H groups in total. The number of furan rings is 1. The third-order valence-electron chi connectivity index (χ3n) is 7.57. The number of alkyl halides is 3. The first-order valence-electron chi connectivity index (χ1n) is 13.0. The van der Waals surface area contributed by atoms with Crippen molar-refractivity contribution in [2.75, 3.05) is 6.54 Å². The van der Waals surface area contributed by atoms with Crippen LogP contribution in [-0.2, 0) is 15.8 Å².